The first-order valence-corrected chi connectivity index (χ1v) is 7.46. The minimum atomic E-state index is -1.02. The van der Waals surface area contributed by atoms with Crippen molar-refractivity contribution in [3.05, 3.63) is 11.4 Å². The van der Waals surface area contributed by atoms with Crippen molar-refractivity contribution in [3.8, 4) is 0 Å². The monoisotopic (exact) mass is 171 g/mol. The summed E-state index contributed by atoms with van der Waals surface area (Å²) in [6.07, 6.45) is 2.26. The Kier molecular flexibility index (Phi) is 3.87. The molecule has 0 saturated heterocycles. The van der Waals surface area contributed by atoms with Gasteiger partial charge in [-0.15, -0.1) is 0 Å². The summed E-state index contributed by atoms with van der Waals surface area (Å²) in [5, 5.41) is 1.59. The summed E-state index contributed by atoms with van der Waals surface area (Å²) >= 11 is 0. The molecule has 0 amide bonds. The van der Waals surface area contributed by atoms with Crippen molar-refractivity contribution in [1.82, 2.24) is 4.90 Å². The normalized spacial score (nSPS) is 13.5. The third-order valence-corrected chi connectivity index (χ3v) is 6.44. The average Bonchev–Trinajstić information content (AvgIpc) is 1.86. The maximum atomic E-state index is 2.42. The second-order valence-corrected chi connectivity index (χ2v) is 9.28. The molecule has 66 valence electrons. The van der Waals surface area contributed by atoms with Gasteiger partial charge in [0.25, 0.3) is 0 Å². The van der Waals surface area contributed by atoms with Crippen LogP contribution in [0.25, 0.3) is 0 Å². The summed E-state index contributed by atoms with van der Waals surface area (Å²) in [7, 11) is 3.15. The van der Waals surface area contributed by atoms with Crippen molar-refractivity contribution in [1.29, 1.82) is 0 Å². The minimum absolute atomic E-state index is 1.02. The fraction of sp³-hybridized carbons (Fsp3) is 0.778. The third kappa shape index (κ3) is 3.61. The molecule has 0 atom stereocenters. The molecule has 0 aromatic heterocycles. The number of hydrogen-bond donors (Lipinski definition) is 0. The molecule has 0 aromatic carbocycles. The zero-order chi connectivity index (χ0) is 9.07. The molecular weight excluding hydrogens is 150 g/mol. The van der Waals surface area contributed by atoms with E-state index < -0.39 is 8.07 Å². The Hall–Kier alpha value is -0.243. The fourth-order valence-electron chi connectivity index (χ4n) is 0.841. The molecule has 0 aromatic rings. The Morgan fingerprint density at radius 1 is 1.36 bits per heavy atom. The zero-order valence-corrected chi connectivity index (χ0v) is 9.73. The van der Waals surface area contributed by atoms with Crippen LogP contribution in [0, 0.1) is 0 Å². The molecule has 1 nitrogen and oxygen atoms in total. The molecule has 0 rings (SSSR count). The van der Waals surface area contributed by atoms with Crippen LogP contribution < -0.4 is 0 Å². The van der Waals surface area contributed by atoms with Crippen molar-refractivity contribution in [2.45, 2.75) is 33.0 Å². The first-order chi connectivity index (χ1) is 4.90. The van der Waals surface area contributed by atoms with Crippen LogP contribution in [0.15, 0.2) is 11.4 Å². The lowest BCUT2D eigenvalue weighted by molar-refractivity contribution is 0.560. The van der Waals surface area contributed by atoms with Crippen LogP contribution in [-0.4, -0.2) is 27.1 Å². The molecule has 11 heavy (non-hydrogen) atoms. The predicted octanol–water partition coefficient (Wildman–Crippen LogP) is 2.72. The molecule has 0 aliphatic rings. The third-order valence-electron chi connectivity index (χ3n) is 2.40. The summed E-state index contributed by atoms with van der Waals surface area (Å²) in [6, 6.07) is 1.34. The van der Waals surface area contributed by atoms with E-state index in [-0.39, 0.29) is 0 Å². The Bertz CT molecular complexity index is 148. The number of nitrogens with zero attached hydrogens (tertiary/aromatic N) is 1. The van der Waals surface area contributed by atoms with E-state index in [0.717, 1.165) is 0 Å². The first-order valence-electron chi connectivity index (χ1n) is 4.25. The lowest BCUT2D eigenvalue weighted by atomic mass is 10.6. The van der Waals surface area contributed by atoms with E-state index in [0.29, 0.717) is 0 Å². The van der Waals surface area contributed by atoms with Gasteiger partial charge in [-0.3, -0.25) is 0 Å². The highest BCUT2D eigenvalue weighted by atomic mass is 28.3. The molecular formula is C9H21NSi. The van der Waals surface area contributed by atoms with Crippen molar-refractivity contribution in [2.24, 2.45) is 0 Å². The Morgan fingerprint density at radius 3 is 2.09 bits per heavy atom. The highest BCUT2D eigenvalue weighted by Crippen LogP contribution is 2.18. The van der Waals surface area contributed by atoms with Gasteiger partial charge < -0.3 is 4.90 Å². The van der Waals surface area contributed by atoms with Gasteiger partial charge in [0.2, 0.25) is 0 Å². The van der Waals surface area contributed by atoms with Crippen LogP contribution in [-0.2, 0) is 0 Å². The van der Waals surface area contributed by atoms with Crippen LogP contribution in [0.2, 0.25) is 19.1 Å². The molecule has 2 heteroatoms. The molecule has 0 fully saturated rings. The van der Waals surface area contributed by atoms with Gasteiger partial charge in [-0.2, -0.15) is 0 Å². The number of hydrogen-bond acceptors (Lipinski definition) is 1. The molecule has 0 radical (unpaired) electrons. The summed E-state index contributed by atoms with van der Waals surface area (Å²) in [5.41, 5.74) is 0. The SMILES string of the molecule is CC[Si](C)(C)C(C)=CN(C)C. The van der Waals surface area contributed by atoms with Crippen molar-refractivity contribution >= 4 is 8.07 Å². The van der Waals surface area contributed by atoms with E-state index in [1.165, 1.54) is 6.04 Å². The van der Waals surface area contributed by atoms with E-state index in [1.807, 2.05) is 0 Å². The lowest BCUT2D eigenvalue weighted by Crippen LogP contribution is -2.27. The molecule has 0 aliphatic heterocycles. The van der Waals surface area contributed by atoms with E-state index in [9.17, 15) is 0 Å². The summed E-state index contributed by atoms with van der Waals surface area (Å²) in [6.45, 7) is 9.39. The number of allylic oxidation sites excluding steroid dienone is 1. The first kappa shape index (κ1) is 10.8. The molecule has 0 saturated carbocycles. The number of rotatable bonds is 3. The standard InChI is InChI=1S/C9H21NSi/c1-7-11(5,6)9(2)8-10(3)4/h8H,7H2,1-6H3. The van der Waals surface area contributed by atoms with Crippen molar-refractivity contribution < 1.29 is 0 Å². The maximum Gasteiger partial charge on any atom is 0.0767 e. The van der Waals surface area contributed by atoms with Crippen LogP contribution in [0.4, 0.5) is 0 Å². The molecule has 0 unspecified atom stereocenters. The van der Waals surface area contributed by atoms with Crippen LogP contribution >= 0.6 is 0 Å². The van der Waals surface area contributed by atoms with Crippen molar-refractivity contribution in [3.63, 3.8) is 0 Å². The largest absolute Gasteiger partial charge is 0.384 e. The van der Waals surface area contributed by atoms with Gasteiger partial charge in [0, 0.05) is 14.1 Å². The average molecular weight is 171 g/mol. The molecule has 0 bridgehead atoms. The van der Waals surface area contributed by atoms with Gasteiger partial charge in [0.15, 0.2) is 0 Å². The fourth-order valence-corrected chi connectivity index (χ4v) is 2.01. The van der Waals surface area contributed by atoms with E-state index in [4.69, 9.17) is 0 Å². The van der Waals surface area contributed by atoms with E-state index in [1.54, 1.807) is 5.20 Å². The highest BCUT2D eigenvalue weighted by Gasteiger charge is 2.19. The second-order valence-electron chi connectivity index (χ2n) is 4.01. The van der Waals surface area contributed by atoms with Gasteiger partial charge in [-0.05, 0) is 13.1 Å². The Labute approximate surface area is 72.1 Å². The lowest BCUT2D eigenvalue weighted by Gasteiger charge is -2.22. The molecule has 0 spiro atoms. The van der Waals surface area contributed by atoms with E-state index in [2.05, 4.69) is 52.1 Å². The summed E-state index contributed by atoms with van der Waals surface area (Å²) < 4.78 is 0. The smallest absolute Gasteiger partial charge is 0.0767 e. The molecule has 0 aliphatic carbocycles. The van der Waals surface area contributed by atoms with Gasteiger partial charge in [-0.1, -0.05) is 31.3 Å². The zero-order valence-electron chi connectivity index (χ0n) is 8.73. The minimum Gasteiger partial charge on any atom is -0.384 e. The molecule has 0 N–H and O–H groups in total. The van der Waals surface area contributed by atoms with Gasteiger partial charge in [0.1, 0.15) is 0 Å². The van der Waals surface area contributed by atoms with Gasteiger partial charge in [-0.25, -0.2) is 0 Å². The maximum absolute atomic E-state index is 2.42. The van der Waals surface area contributed by atoms with Crippen LogP contribution in [0.1, 0.15) is 13.8 Å². The van der Waals surface area contributed by atoms with E-state index >= 15 is 0 Å². The quantitative estimate of drug-likeness (QED) is 0.590. The molecule has 0 heterocycles. The highest BCUT2D eigenvalue weighted by molar-refractivity contribution is 6.84. The van der Waals surface area contributed by atoms with Crippen LogP contribution in [0.3, 0.4) is 0 Å². The summed E-state index contributed by atoms with van der Waals surface area (Å²) in [5.74, 6) is 0. The summed E-state index contributed by atoms with van der Waals surface area (Å²) in [4.78, 5) is 2.14. The van der Waals surface area contributed by atoms with Crippen LogP contribution in [0.5, 0.6) is 0 Å². The topological polar surface area (TPSA) is 3.24 Å². The van der Waals surface area contributed by atoms with Crippen molar-refractivity contribution in [2.75, 3.05) is 14.1 Å². The second kappa shape index (κ2) is 3.95. The van der Waals surface area contributed by atoms with Gasteiger partial charge >= 0.3 is 0 Å². The Balaban J connectivity index is 4.33. The Morgan fingerprint density at radius 2 is 1.82 bits per heavy atom. The predicted molar refractivity (Wildman–Crippen MR) is 55.4 cm³/mol. The van der Waals surface area contributed by atoms with Gasteiger partial charge in [0.05, 0.1) is 8.07 Å².